The number of fused-ring (bicyclic) bond motifs is 3. The summed E-state index contributed by atoms with van der Waals surface area (Å²) >= 11 is 0. The third-order valence-electron chi connectivity index (χ3n) is 4.42. The number of alkyl halides is 9. The Morgan fingerprint density at radius 2 is 1.30 bits per heavy atom. The fourth-order valence-electron chi connectivity index (χ4n) is 2.97. The van der Waals surface area contributed by atoms with Crippen LogP contribution in [0, 0.1) is 0 Å². The van der Waals surface area contributed by atoms with E-state index in [0.29, 0.717) is 11.1 Å². The van der Waals surface area contributed by atoms with Crippen LogP contribution in [0.2, 0.25) is 0 Å². The molecule has 0 unspecified atom stereocenters. The second-order valence-corrected chi connectivity index (χ2v) is 6.02. The van der Waals surface area contributed by atoms with Crippen LogP contribution in [-0.2, 0) is 17.4 Å². The molecule has 1 aliphatic carbocycles. The summed E-state index contributed by atoms with van der Waals surface area (Å²) in [5, 5.41) is 12.3. The standard InChI is InChI=1S/C17H8F9O/c18-14(19,15(20,21)16(22,23)17(24,25)26)12-6-5-10-9-4-2-1-3-8(9)7-11(10)13(12)27/h1-6H,7H2. The van der Waals surface area contributed by atoms with Crippen molar-refractivity contribution in [1.29, 1.82) is 0 Å². The van der Waals surface area contributed by atoms with Crippen LogP contribution >= 0.6 is 0 Å². The van der Waals surface area contributed by atoms with Gasteiger partial charge in [-0.1, -0.05) is 30.3 Å². The molecule has 0 atom stereocenters. The highest BCUT2D eigenvalue weighted by Crippen LogP contribution is 2.59. The minimum absolute atomic E-state index is 0.140. The lowest BCUT2D eigenvalue weighted by Crippen LogP contribution is -2.59. The summed E-state index contributed by atoms with van der Waals surface area (Å²) in [7, 11) is 0. The van der Waals surface area contributed by atoms with Crippen molar-refractivity contribution >= 4 is 0 Å². The molecule has 0 aromatic heterocycles. The van der Waals surface area contributed by atoms with Gasteiger partial charge in [0.1, 0.15) is 0 Å². The van der Waals surface area contributed by atoms with Gasteiger partial charge in [-0.15, -0.1) is 0 Å². The van der Waals surface area contributed by atoms with Gasteiger partial charge in [0.25, 0.3) is 0 Å². The molecule has 0 saturated heterocycles. The fourth-order valence-corrected chi connectivity index (χ4v) is 2.97. The third-order valence-corrected chi connectivity index (χ3v) is 4.42. The normalized spacial score (nSPS) is 14.9. The smallest absolute Gasteiger partial charge is 0.289 e. The zero-order chi connectivity index (χ0) is 20.4. The largest absolute Gasteiger partial charge is 0.460 e. The first kappa shape index (κ1) is 19.4. The van der Waals surface area contributed by atoms with Crippen LogP contribution in [0.4, 0.5) is 39.5 Å². The van der Waals surface area contributed by atoms with Gasteiger partial charge in [0.05, 0.1) is 5.56 Å². The van der Waals surface area contributed by atoms with Gasteiger partial charge in [-0.25, -0.2) is 0 Å². The van der Waals surface area contributed by atoms with Gasteiger partial charge in [-0.2, -0.15) is 39.5 Å². The van der Waals surface area contributed by atoms with Crippen LogP contribution in [0.25, 0.3) is 11.1 Å². The van der Waals surface area contributed by atoms with Crippen LogP contribution in [0.1, 0.15) is 16.7 Å². The topological polar surface area (TPSA) is 19.9 Å². The zero-order valence-electron chi connectivity index (χ0n) is 13.0. The van der Waals surface area contributed by atoms with E-state index >= 15 is 0 Å². The van der Waals surface area contributed by atoms with E-state index in [2.05, 4.69) is 0 Å². The van der Waals surface area contributed by atoms with Gasteiger partial charge in [0.2, 0.25) is 0 Å². The van der Waals surface area contributed by atoms with E-state index in [1.165, 1.54) is 6.07 Å². The van der Waals surface area contributed by atoms with Crippen LogP contribution in [0.5, 0.6) is 5.75 Å². The van der Waals surface area contributed by atoms with Gasteiger partial charge in [0.15, 0.2) is 5.75 Å². The molecule has 0 heterocycles. The van der Waals surface area contributed by atoms with Crippen molar-refractivity contribution in [3.63, 3.8) is 0 Å². The quantitative estimate of drug-likeness (QED) is 0.459. The lowest BCUT2D eigenvalue weighted by Gasteiger charge is -2.34. The first-order valence-corrected chi connectivity index (χ1v) is 7.35. The lowest BCUT2D eigenvalue weighted by atomic mass is 9.92. The molecule has 2 aromatic rings. The predicted molar refractivity (Wildman–Crippen MR) is 74.7 cm³/mol. The average Bonchev–Trinajstić information content (AvgIpc) is 2.93. The Hall–Kier alpha value is -2.39. The second-order valence-electron chi connectivity index (χ2n) is 6.02. The summed E-state index contributed by atoms with van der Waals surface area (Å²) in [6.45, 7) is 0. The summed E-state index contributed by atoms with van der Waals surface area (Å²) in [5.74, 6) is -21.6. The van der Waals surface area contributed by atoms with Gasteiger partial charge in [-0.3, -0.25) is 5.11 Å². The second kappa shape index (κ2) is 5.56. The average molecular weight is 399 g/mol. The fraction of sp³-hybridized carbons (Fsp3) is 0.294. The number of hydrogen-bond donors (Lipinski definition) is 0. The third kappa shape index (κ3) is 2.49. The molecule has 2 aromatic carbocycles. The van der Waals surface area contributed by atoms with Crippen molar-refractivity contribution < 1.29 is 44.6 Å². The molecule has 0 spiro atoms. The maximum atomic E-state index is 14.1. The van der Waals surface area contributed by atoms with Crippen molar-refractivity contribution in [2.45, 2.75) is 30.4 Å². The molecule has 0 aliphatic heterocycles. The van der Waals surface area contributed by atoms with Crippen molar-refractivity contribution in [1.82, 2.24) is 0 Å². The molecule has 1 nitrogen and oxygen atoms in total. The number of benzene rings is 2. The van der Waals surface area contributed by atoms with Gasteiger partial charge < -0.3 is 0 Å². The van der Waals surface area contributed by atoms with Crippen LogP contribution in [-0.4, -0.2) is 18.0 Å². The van der Waals surface area contributed by atoms with Crippen molar-refractivity contribution in [2.24, 2.45) is 0 Å². The molecule has 0 N–H and O–H groups in total. The molecule has 0 saturated carbocycles. The minimum atomic E-state index is -7.04. The Kier molecular flexibility index (Phi) is 3.99. The van der Waals surface area contributed by atoms with E-state index in [-0.39, 0.29) is 23.6 Å². The van der Waals surface area contributed by atoms with Crippen molar-refractivity contribution in [3.8, 4) is 16.9 Å². The maximum absolute atomic E-state index is 14.1. The molecule has 1 radical (unpaired) electrons. The first-order valence-electron chi connectivity index (χ1n) is 7.35. The Bertz CT molecular complexity index is 900. The minimum Gasteiger partial charge on any atom is -0.289 e. The van der Waals surface area contributed by atoms with Gasteiger partial charge in [-0.05, 0) is 22.8 Å². The van der Waals surface area contributed by atoms with Crippen LogP contribution < -0.4 is 0 Å². The van der Waals surface area contributed by atoms with E-state index in [1.54, 1.807) is 18.2 Å². The lowest BCUT2D eigenvalue weighted by molar-refractivity contribution is -0.399. The molecular weight excluding hydrogens is 391 g/mol. The maximum Gasteiger partial charge on any atom is 0.460 e. The number of rotatable bonds is 3. The molecular formula is C17H8F9O. The Labute approximate surface area is 146 Å². The summed E-state index contributed by atoms with van der Waals surface area (Å²) in [6, 6.07) is 7.22. The van der Waals surface area contributed by atoms with E-state index in [9.17, 15) is 44.6 Å². The van der Waals surface area contributed by atoms with Crippen LogP contribution in [0.15, 0.2) is 36.4 Å². The Morgan fingerprint density at radius 3 is 1.89 bits per heavy atom. The highest BCUT2D eigenvalue weighted by molar-refractivity contribution is 5.79. The molecule has 10 heteroatoms. The summed E-state index contributed by atoms with van der Waals surface area (Å²) in [4.78, 5) is 0. The van der Waals surface area contributed by atoms with Crippen molar-refractivity contribution in [2.75, 3.05) is 0 Å². The molecule has 27 heavy (non-hydrogen) atoms. The van der Waals surface area contributed by atoms with Crippen molar-refractivity contribution in [3.05, 3.63) is 53.1 Å². The molecule has 0 fully saturated rings. The highest BCUT2D eigenvalue weighted by Gasteiger charge is 2.82. The SMILES string of the molecule is [O]c1c(C(F)(F)C(F)(F)C(F)(F)C(F)(F)F)ccc2c1Cc1ccccc1-2. The molecule has 0 amide bonds. The van der Waals surface area contributed by atoms with E-state index in [4.69, 9.17) is 0 Å². The van der Waals surface area contributed by atoms with Crippen LogP contribution in [0.3, 0.4) is 0 Å². The molecule has 0 bridgehead atoms. The molecule has 145 valence electrons. The Balaban J connectivity index is 2.13. The molecule has 1 aliphatic rings. The summed E-state index contributed by atoms with van der Waals surface area (Å²) in [6.07, 6.45) is -7.16. The predicted octanol–water partition coefficient (Wildman–Crippen LogP) is 6.33. The number of halogens is 9. The van der Waals surface area contributed by atoms with Gasteiger partial charge in [0, 0.05) is 12.0 Å². The Morgan fingerprint density at radius 1 is 0.704 bits per heavy atom. The van der Waals surface area contributed by atoms with Gasteiger partial charge >= 0.3 is 23.9 Å². The monoisotopic (exact) mass is 399 g/mol. The first-order chi connectivity index (χ1) is 12.2. The van der Waals surface area contributed by atoms with E-state index in [0.717, 1.165) is 6.07 Å². The number of hydrogen-bond acceptors (Lipinski definition) is 0. The van der Waals surface area contributed by atoms with E-state index in [1.807, 2.05) is 0 Å². The summed E-state index contributed by atoms with van der Waals surface area (Å²) < 4.78 is 118. The summed E-state index contributed by atoms with van der Waals surface area (Å²) in [5.41, 5.74) is -1.35. The molecule has 3 rings (SSSR count). The zero-order valence-corrected chi connectivity index (χ0v) is 13.0. The highest BCUT2D eigenvalue weighted by atomic mass is 19.4. The van der Waals surface area contributed by atoms with E-state index < -0.39 is 35.3 Å².